The Morgan fingerprint density at radius 1 is 1.23 bits per heavy atom. The Bertz CT molecular complexity index is 903. The number of hydrogen-bond donors (Lipinski definition) is 2. The highest BCUT2D eigenvalue weighted by Gasteiger charge is 2.51. The maximum atomic E-state index is 12.6. The molecule has 2 aromatic rings. The summed E-state index contributed by atoms with van der Waals surface area (Å²) in [6.45, 7) is 4.03. The van der Waals surface area contributed by atoms with Gasteiger partial charge in [0.1, 0.15) is 4.21 Å². The summed E-state index contributed by atoms with van der Waals surface area (Å²) in [7, 11) is -3.60. The number of amides is 1. The molecule has 1 aliphatic rings. The van der Waals surface area contributed by atoms with E-state index in [1.807, 2.05) is 26.0 Å². The number of sulfonamides is 1. The van der Waals surface area contributed by atoms with E-state index in [1.165, 1.54) is 0 Å². The van der Waals surface area contributed by atoms with E-state index in [4.69, 9.17) is 0 Å². The van der Waals surface area contributed by atoms with E-state index in [2.05, 4.69) is 26.0 Å². The topological polar surface area (TPSA) is 75.3 Å². The van der Waals surface area contributed by atoms with Crippen molar-refractivity contribution in [3.8, 4) is 0 Å². The van der Waals surface area contributed by atoms with Gasteiger partial charge in [0.25, 0.3) is 10.0 Å². The smallest absolute Gasteiger partial charge is 0.271 e. The van der Waals surface area contributed by atoms with Crippen LogP contribution in [0.4, 0.5) is 5.69 Å². The van der Waals surface area contributed by atoms with Crippen LogP contribution in [-0.4, -0.2) is 20.4 Å². The van der Waals surface area contributed by atoms with E-state index in [0.717, 1.165) is 39.9 Å². The number of nitrogens with one attached hydrogen (secondary N) is 2. The zero-order valence-corrected chi connectivity index (χ0v) is 17.8. The minimum absolute atomic E-state index is 0.0589. The van der Waals surface area contributed by atoms with Gasteiger partial charge in [-0.25, -0.2) is 8.42 Å². The normalized spacial score (nSPS) is 16.7. The molecule has 1 fully saturated rings. The molecule has 26 heavy (non-hydrogen) atoms. The van der Waals surface area contributed by atoms with Crippen molar-refractivity contribution in [3.63, 3.8) is 0 Å². The first kappa shape index (κ1) is 19.4. The van der Waals surface area contributed by atoms with Crippen LogP contribution in [0.2, 0.25) is 0 Å². The molecule has 1 heterocycles. The minimum Gasteiger partial charge on any atom is -0.353 e. The third-order valence-electron chi connectivity index (χ3n) is 4.68. The molecule has 1 aromatic carbocycles. The largest absolute Gasteiger partial charge is 0.353 e. The lowest BCUT2D eigenvalue weighted by Gasteiger charge is -2.19. The molecule has 0 radical (unpaired) electrons. The van der Waals surface area contributed by atoms with Crippen LogP contribution in [-0.2, 0) is 20.2 Å². The highest BCUT2D eigenvalue weighted by Crippen LogP contribution is 2.48. The molecule has 0 aliphatic heterocycles. The number of anilines is 1. The number of thiophene rings is 1. The molecule has 0 bridgehead atoms. The van der Waals surface area contributed by atoms with E-state index in [9.17, 15) is 13.2 Å². The van der Waals surface area contributed by atoms with E-state index in [0.29, 0.717) is 5.69 Å². The van der Waals surface area contributed by atoms with Gasteiger partial charge in [0.15, 0.2) is 0 Å². The molecule has 1 aliphatic carbocycles. The number of rotatable bonds is 7. The van der Waals surface area contributed by atoms with E-state index >= 15 is 0 Å². The Morgan fingerprint density at radius 2 is 1.88 bits per heavy atom. The van der Waals surface area contributed by atoms with Crippen LogP contribution < -0.4 is 10.0 Å². The molecule has 0 spiro atoms. The second-order valence-electron chi connectivity index (χ2n) is 6.61. The van der Waals surface area contributed by atoms with Gasteiger partial charge in [0.2, 0.25) is 5.91 Å². The Kier molecular flexibility index (Phi) is 5.46. The summed E-state index contributed by atoms with van der Waals surface area (Å²) in [5, 5.41) is 3.05. The number of carbonyl (C=O) groups is 1. The SMILES string of the molecule is CC[C@@H](C)NC(=O)C1(c2ccc(NS(=O)(=O)c3ccc(Br)s3)cc2)CC1. The first-order chi connectivity index (χ1) is 12.3. The van der Waals surface area contributed by atoms with Gasteiger partial charge in [-0.2, -0.15) is 0 Å². The summed E-state index contributed by atoms with van der Waals surface area (Å²) in [5.41, 5.74) is 0.955. The van der Waals surface area contributed by atoms with Gasteiger partial charge in [-0.1, -0.05) is 19.1 Å². The number of hydrogen-bond acceptors (Lipinski definition) is 4. The maximum absolute atomic E-state index is 12.6. The second-order valence-corrected chi connectivity index (χ2v) is 11.0. The zero-order valence-electron chi connectivity index (χ0n) is 14.6. The first-order valence-electron chi connectivity index (χ1n) is 8.46. The Hall–Kier alpha value is -1.38. The molecule has 0 saturated heterocycles. The third kappa shape index (κ3) is 3.97. The number of benzene rings is 1. The molecule has 1 atom stereocenters. The van der Waals surface area contributed by atoms with Gasteiger partial charge in [-0.3, -0.25) is 9.52 Å². The van der Waals surface area contributed by atoms with Crippen molar-refractivity contribution >= 4 is 48.9 Å². The molecule has 1 saturated carbocycles. The van der Waals surface area contributed by atoms with Crippen molar-refractivity contribution < 1.29 is 13.2 Å². The molecule has 140 valence electrons. The fourth-order valence-corrected chi connectivity index (χ4v) is 5.81. The molecule has 0 unspecified atom stereocenters. The predicted molar refractivity (Wildman–Crippen MR) is 108 cm³/mol. The number of halogens is 1. The second kappa shape index (κ2) is 7.32. The molecule has 8 heteroatoms. The van der Waals surface area contributed by atoms with Crippen molar-refractivity contribution in [2.24, 2.45) is 0 Å². The van der Waals surface area contributed by atoms with Crippen LogP contribution >= 0.6 is 27.3 Å². The summed E-state index contributed by atoms with van der Waals surface area (Å²) in [6, 6.07) is 10.5. The van der Waals surface area contributed by atoms with Gasteiger partial charge in [-0.05, 0) is 71.9 Å². The van der Waals surface area contributed by atoms with E-state index in [1.54, 1.807) is 24.3 Å². The Labute approximate surface area is 166 Å². The fourth-order valence-electron chi connectivity index (χ4n) is 2.74. The van der Waals surface area contributed by atoms with E-state index < -0.39 is 15.4 Å². The maximum Gasteiger partial charge on any atom is 0.271 e. The summed E-state index contributed by atoms with van der Waals surface area (Å²) in [4.78, 5) is 12.6. The van der Waals surface area contributed by atoms with Crippen molar-refractivity contribution in [1.29, 1.82) is 0 Å². The molecule has 3 rings (SSSR count). The Morgan fingerprint density at radius 3 is 2.38 bits per heavy atom. The van der Waals surface area contributed by atoms with Crippen molar-refractivity contribution in [2.45, 2.75) is 48.8 Å². The average molecular weight is 457 g/mol. The van der Waals surface area contributed by atoms with Crippen LogP contribution in [0.1, 0.15) is 38.7 Å². The summed E-state index contributed by atoms with van der Waals surface area (Å²) in [6.07, 6.45) is 2.54. The first-order valence-corrected chi connectivity index (χ1v) is 11.6. The number of carbonyl (C=O) groups excluding carboxylic acids is 1. The van der Waals surface area contributed by atoms with Gasteiger partial charge < -0.3 is 5.32 Å². The summed E-state index contributed by atoms with van der Waals surface area (Å²) < 4.78 is 28.4. The quantitative estimate of drug-likeness (QED) is 0.653. The summed E-state index contributed by atoms with van der Waals surface area (Å²) in [5.74, 6) is 0.0589. The third-order valence-corrected chi connectivity index (χ3v) is 8.17. The molecule has 1 aromatic heterocycles. The van der Waals surface area contributed by atoms with Gasteiger partial charge >= 0.3 is 0 Å². The standard InChI is InChI=1S/C18H21BrN2O3S2/c1-3-12(2)20-17(22)18(10-11-18)13-4-6-14(7-5-13)21-26(23,24)16-9-8-15(19)25-16/h4-9,12,21H,3,10-11H2,1-2H3,(H,20,22)/t12-/m1/s1. The van der Waals surface area contributed by atoms with Crippen LogP contribution in [0.15, 0.2) is 44.4 Å². The van der Waals surface area contributed by atoms with Crippen LogP contribution in [0.25, 0.3) is 0 Å². The predicted octanol–water partition coefficient (Wildman–Crippen LogP) is 4.26. The molecule has 1 amide bonds. The lowest BCUT2D eigenvalue weighted by Crippen LogP contribution is -2.39. The average Bonchev–Trinajstić information content (AvgIpc) is 3.29. The van der Waals surface area contributed by atoms with Crippen LogP contribution in [0.3, 0.4) is 0 Å². The molecular weight excluding hydrogens is 436 g/mol. The Balaban J connectivity index is 1.74. The lowest BCUT2D eigenvalue weighted by atomic mass is 9.94. The fraction of sp³-hybridized carbons (Fsp3) is 0.389. The van der Waals surface area contributed by atoms with Gasteiger partial charge in [-0.15, -0.1) is 11.3 Å². The van der Waals surface area contributed by atoms with E-state index in [-0.39, 0.29) is 16.2 Å². The van der Waals surface area contributed by atoms with Gasteiger partial charge in [0, 0.05) is 11.7 Å². The highest BCUT2D eigenvalue weighted by molar-refractivity contribution is 9.11. The molecule has 5 nitrogen and oxygen atoms in total. The van der Waals surface area contributed by atoms with Crippen molar-refractivity contribution in [2.75, 3.05) is 4.72 Å². The minimum atomic E-state index is -3.60. The van der Waals surface area contributed by atoms with Crippen molar-refractivity contribution in [1.82, 2.24) is 5.32 Å². The molecule has 2 N–H and O–H groups in total. The van der Waals surface area contributed by atoms with Crippen molar-refractivity contribution in [3.05, 3.63) is 45.7 Å². The van der Waals surface area contributed by atoms with Crippen LogP contribution in [0.5, 0.6) is 0 Å². The monoisotopic (exact) mass is 456 g/mol. The van der Waals surface area contributed by atoms with Crippen LogP contribution in [0, 0.1) is 0 Å². The molecular formula is C18H21BrN2O3S2. The van der Waals surface area contributed by atoms with Gasteiger partial charge in [0.05, 0.1) is 9.20 Å². The lowest BCUT2D eigenvalue weighted by molar-refractivity contribution is -0.124. The highest BCUT2D eigenvalue weighted by atomic mass is 79.9. The summed E-state index contributed by atoms with van der Waals surface area (Å²) >= 11 is 4.43. The zero-order chi connectivity index (χ0) is 18.9.